The first-order valence-electron chi connectivity index (χ1n) is 7.00. The van der Waals surface area contributed by atoms with Gasteiger partial charge in [-0.2, -0.15) is 4.98 Å². The molecule has 3 rings (SSSR count). The molecule has 23 heavy (non-hydrogen) atoms. The van der Waals surface area contributed by atoms with Gasteiger partial charge in [0.1, 0.15) is 17.1 Å². The van der Waals surface area contributed by atoms with Gasteiger partial charge in [-0.25, -0.2) is 4.79 Å². The van der Waals surface area contributed by atoms with E-state index in [-0.39, 0.29) is 6.61 Å². The second kappa shape index (κ2) is 6.74. The number of carbonyl (C=O) groups excluding carboxylic acids is 1. The van der Waals surface area contributed by atoms with Gasteiger partial charge < -0.3 is 14.0 Å². The molecule has 0 saturated heterocycles. The molecule has 0 aliphatic rings. The molecule has 0 spiro atoms. The Morgan fingerprint density at radius 3 is 2.57 bits per heavy atom. The number of rotatable bonds is 5. The summed E-state index contributed by atoms with van der Waals surface area (Å²) < 4.78 is 15.8. The number of para-hydroxylation sites is 2. The monoisotopic (exact) mass is 310 g/mol. The zero-order valence-electron chi connectivity index (χ0n) is 12.4. The van der Waals surface area contributed by atoms with E-state index in [1.807, 2.05) is 6.07 Å². The largest absolute Gasteiger partial charge is 0.485 e. The van der Waals surface area contributed by atoms with Gasteiger partial charge in [0.05, 0.1) is 0 Å². The molecule has 0 atom stereocenters. The predicted octanol–water partition coefficient (Wildman–Crippen LogP) is 3.18. The third-order valence-corrected chi connectivity index (χ3v) is 2.99. The summed E-state index contributed by atoms with van der Waals surface area (Å²) in [6.45, 7) is 1.80. The molecule has 3 aromatic rings. The van der Waals surface area contributed by atoms with Crippen LogP contribution in [0.1, 0.15) is 22.1 Å². The smallest absolute Gasteiger partial charge is 0.347 e. The Hall–Kier alpha value is -3.15. The van der Waals surface area contributed by atoms with Gasteiger partial charge in [-0.05, 0) is 24.3 Å². The van der Waals surface area contributed by atoms with E-state index >= 15 is 0 Å². The Bertz CT molecular complexity index is 799. The Labute approximate surface area is 132 Å². The molecule has 0 unspecified atom stereocenters. The highest BCUT2D eigenvalue weighted by Gasteiger charge is 2.15. The lowest BCUT2D eigenvalue weighted by atomic mass is 10.2. The van der Waals surface area contributed by atoms with Crippen molar-refractivity contribution in [3.05, 3.63) is 71.9 Å². The van der Waals surface area contributed by atoms with Crippen LogP contribution in [0.2, 0.25) is 0 Å². The number of benzene rings is 2. The molecule has 0 amide bonds. The average Bonchev–Trinajstić information content (AvgIpc) is 2.99. The van der Waals surface area contributed by atoms with Crippen LogP contribution in [0.15, 0.2) is 59.1 Å². The maximum atomic E-state index is 12.3. The van der Waals surface area contributed by atoms with Gasteiger partial charge >= 0.3 is 5.97 Å². The van der Waals surface area contributed by atoms with Crippen LogP contribution in [0.25, 0.3) is 0 Å². The second-order valence-electron chi connectivity index (χ2n) is 4.72. The van der Waals surface area contributed by atoms with Crippen LogP contribution in [-0.4, -0.2) is 16.1 Å². The number of aromatic nitrogens is 2. The van der Waals surface area contributed by atoms with E-state index in [0.717, 1.165) is 0 Å². The van der Waals surface area contributed by atoms with Crippen molar-refractivity contribution in [1.29, 1.82) is 0 Å². The van der Waals surface area contributed by atoms with Gasteiger partial charge in [0, 0.05) is 6.92 Å². The van der Waals surface area contributed by atoms with Crippen molar-refractivity contribution in [2.75, 3.05) is 0 Å². The van der Waals surface area contributed by atoms with E-state index in [9.17, 15) is 4.79 Å². The fraction of sp³-hybridized carbons (Fsp3) is 0.118. The molecular weight excluding hydrogens is 296 g/mol. The van der Waals surface area contributed by atoms with Crippen molar-refractivity contribution < 1.29 is 18.8 Å². The number of aryl methyl sites for hydroxylation is 1. The standard InChI is InChI=1S/C17H14N2O4/c1-12-18-16(19-23-12)11-21-15-10-6-5-9-14(15)17(20)22-13-7-3-2-4-8-13/h2-10H,11H2,1H3. The molecule has 1 aromatic heterocycles. The lowest BCUT2D eigenvalue weighted by Crippen LogP contribution is -2.11. The lowest BCUT2D eigenvalue weighted by Gasteiger charge is -2.09. The fourth-order valence-electron chi connectivity index (χ4n) is 1.95. The number of hydrogen-bond acceptors (Lipinski definition) is 6. The molecular formula is C17H14N2O4. The molecule has 2 aromatic carbocycles. The number of nitrogens with zero attached hydrogens (tertiary/aromatic N) is 2. The SMILES string of the molecule is Cc1nc(COc2ccccc2C(=O)Oc2ccccc2)no1. The minimum atomic E-state index is -0.490. The number of carbonyl (C=O) groups is 1. The van der Waals surface area contributed by atoms with Crippen LogP contribution in [0.5, 0.6) is 11.5 Å². The zero-order chi connectivity index (χ0) is 16.1. The third-order valence-electron chi connectivity index (χ3n) is 2.99. The van der Waals surface area contributed by atoms with Gasteiger partial charge in [-0.3, -0.25) is 0 Å². The van der Waals surface area contributed by atoms with Crippen molar-refractivity contribution >= 4 is 5.97 Å². The molecule has 0 radical (unpaired) electrons. The van der Waals surface area contributed by atoms with Gasteiger partial charge in [0.25, 0.3) is 0 Å². The summed E-state index contributed by atoms with van der Waals surface area (Å²) in [5, 5.41) is 3.75. The first-order chi connectivity index (χ1) is 11.2. The Balaban J connectivity index is 1.73. The third kappa shape index (κ3) is 3.74. The minimum Gasteiger partial charge on any atom is -0.485 e. The van der Waals surface area contributed by atoms with Crippen LogP contribution < -0.4 is 9.47 Å². The molecule has 0 aliphatic heterocycles. The van der Waals surface area contributed by atoms with Crippen LogP contribution in [0, 0.1) is 6.92 Å². The summed E-state index contributed by atoms with van der Waals surface area (Å²) in [6.07, 6.45) is 0. The van der Waals surface area contributed by atoms with Gasteiger partial charge in [-0.1, -0.05) is 35.5 Å². The van der Waals surface area contributed by atoms with Gasteiger partial charge in [0.15, 0.2) is 6.61 Å². The molecule has 0 saturated carbocycles. The zero-order valence-corrected chi connectivity index (χ0v) is 12.4. The van der Waals surface area contributed by atoms with E-state index in [1.165, 1.54) is 0 Å². The normalized spacial score (nSPS) is 10.3. The summed E-state index contributed by atoms with van der Waals surface area (Å²) >= 11 is 0. The minimum absolute atomic E-state index is 0.104. The van der Waals surface area contributed by atoms with Crippen LogP contribution in [0.3, 0.4) is 0 Å². The van der Waals surface area contributed by atoms with Crippen molar-refractivity contribution in [1.82, 2.24) is 10.1 Å². The lowest BCUT2D eigenvalue weighted by molar-refractivity contribution is 0.0729. The number of hydrogen-bond donors (Lipinski definition) is 0. The second-order valence-corrected chi connectivity index (χ2v) is 4.72. The topological polar surface area (TPSA) is 74.5 Å². The highest BCUT2D eigenvalue weighted by molar-refractivity contribution is 5.93. The Morgan fingerprint density at radius 1 is 1.09 bits per heavy atom. The summed E-state index contributed by atoms with van der Waals surface area (Å²) in [6, 6.07) is 15.7. The predicted molar refractivity (Wildman–Crippen MR) is 81.2 cm³/mol. The van der Waals surface area contributed by atoms with Crippen molar-refractivity contribution in [3.63, 3.8) is 0 Å². The Kier molecular flexibility index (Phi) is 4.33. The Morgan fingerprint density at radius 2 is 1.83 bits per heavy atom. The quantitative estimate of drug-likeness (QED) is 0.532. The maximum absolute atomic E-state index is 12.3. The molecule has 6 nitrogen and oxygen atoms in total. The van der Waals surface area contributed by atoms with E-state index in [2.05, 4.69) is 10.1 Å². The summed E-state index contributed by atoms with van der Waals surface area (Å²) in [4.78, 5) is 16.3. The molecule has 1 heterocycles. The highest BCUT2D eigenvalue weighted by Crippen LogP contribution is 2.21. The van der Waals surface area contributed by atoms with Crippen molar-refractivity contribution in [2.24, 2.45) is 0 Å². The fourth-order valence-corrected chi connectivity index (χ4v) is 1.95. The van der Waals surface area contributed by atoms with E-state index < -0.39 is 5.97 Å². The first kappa shape index (κ1) is 14.8. The molecule has 0 bridgehead atoms. The summed E-state index contributed by atoms with van der Waals surface area (Å²) in [7, 11) is 0. The van der Waals surface area contributed by atoms with Gasteiger partial charge in [-0.15, -0.1) is 0 Å². The molecule has 0 aliphatic carbocycles. The number of ether oxygens (including phenoxy) is 2. The maximum Gasteiger partial charge on any atom is 0.347 e. The van der Waals surface area contributed by atoms with E-state index in [1.54, 1.807) is 55.5 Å². The first-order valence-corrected chi connectivity index (χ1v) is 7.00. The van der Waals surface area contributed by atoms with Crippen LogP contribution in [-0.2, 0) is 6.61 Å². The van der Waals surface area contributed by atoms with Crippen molar-refractivity contribution in [2.45, 2.75) is 13.5 Å². The molecule has 6 heteroatoms. The summed E-state index contributed by atoms with van der Waals surface area (Å²) in [5.74, 6) is 1.25. The van der Waals surface area contributed by atoms with Crippen LogP contribution >= 0.6 is 0 Å². The van der Waals surface area contributed by atoms with Crippen molar-refractivity contribution in [3.8, 4) is 11.5 Å². The van der Waals surface area contributed by atoms with E-state index in [4.69, 9.17) is 14.0 Å². The van der Waals surface area contributed by atoms with E-state index in [0.29, 0.717) is 28.8 Å². The summed E-state index contributed by atoms with van der Waals surface area (Å²) in [5.41, 5.74) is 0.330. The highest BCUT2D eigenvalue weighted by atomic mass is 16.5. The van der Waals surface area contributed by atoms with Gasteiger partial charge in [0.2, 0.25) is 11.7 Å². The average molecular weight is 310 g/mol. The molecule has 116 valence electrons. The molecule has 0 fully saturated rings. The number of esters is 1. The molecule has 0 N–H and O–H groups in total. The van der Waals surface area contributed by atoms with Crippen LogP contribution in [0.4, 0.5) is 0 Å².